The Morgan fingerprint density at radius 1 is 1.47 bits per heavy atom. The van der Waals surface area contributed by atoms with E-state index >= 15 is 0 Å². The predicted molar refractivity (Wildman–Crippen MR) is 76.2 cm³/mol. The van der Waals surface area contributed by atoms with Crippen LogP contribution >= 0.6 is 11.6 Å². The van der Waals surface area contributed by atoms with Crippen LogP contribution in [0.25, 0.3) is 0 Å². The molecule has 0 aromatic heterocycles. The van der Waals surface area contributed by atoms with Gasteiger partial charge in [0.15, 0.2) is 0 Å². The molecule has 0 radical (unpaired) electrons. The van der Waals surface area contributed by atoms with Crippen molar-refractivity contribution in [2.45, 2.75) is 39.2 Å². The molecule has 2 rings (SSSR count). The average Bonchev–Trinajstić information content (AvgIpc) is 2.35. The summed E-state index contributed by atoms with van der Waals surface area (Å²) >= 11 is 6.02. The first-order chi connectivity index (χ1) is 8.92. The van der Waals surface area contributed by atoms with Crippen LogP contribution in [0.4, 0.5) is 5.69 Å². The van der Waals surface area contributed by atoms with Crippen molar-refractivity contribution in [3.63, 3.8) is 0 Å². The highest BCUT2D eigenvalue weighted by Crippen LogP contribution is 2.36. The zero-order valence-corrected chi connectivity index (χ0v) is 11.9. The van der Waals surface area contributed by atoms with Crippen LogP contribution in [-0.4, -0.2) is 11.8 Å². The Kier molecular flexibility index (Phi) is 3.82. The van der Waals surface area contributed by atoms with Gasteiger partial charge >= 0.3 is 0 Å². The largest absolute Gasteiger partial charge is 0.381 e. The summed E-state index contributed by atoms with van der Waals surface area (Å²) in [5, 5.41) is 12.7. The molecule has 100 valence electrons. The van der Waals surface area contributed by atoms with E-state index in [1.807, 2.05) is 12.1 Å². The van der Waals surface area contributed by atoms with Gasteiger partial charge in [-0.3, -0.25) is 4.79 Å². The lowest BCUT2D eigenvalue weighted by atomic mass is 9.73. The number of carbonyl (C=O) groups excluding carboxylic acids is 1. The molecule has 1 atom stereocenters. The highest BCUT2D eigenvalue weighted by Gasteiger charge is 2.35. The van der Waals surface area contributed by atoms with E-state index in [1.165, 1.54) is 0 Å². The molecule has 1 saturated carbocycles. The zero-order valence-electron chi connectivity index (χ0n) is 11.2. The number of ketones is 1. The Balaban J connectivity index is 2.18. The van der Waals surface area contributed by atoms with Gasteiger partial charge in [0.25, 0.3) is 0 Å². The third-order valence-electron chi connectivity index (χ3n) is 3.85. The van der Waals surface area contributed by atoms with Gasteiger partial charge in [0.1, 0.15) is 11.9 Å². The first-order valence-corrected chi connectivity index (χ1v) is 6.78. The van der Waals surface area contributed by atoms with E-state index < -0.39 is 0 Å². The lowest BCUT2D eigenvalue weighted by molar-refractivity contribution is -0.122. The summed E-state index contributed by atoms with van der Waals surface area (Å²) in [7, 11) is 0. The highest BCUT2D eigenvalue weighted by atomic mass is 35.5. The van der Waals surface area contributed by atoms with Gasteiger partial charge in [0.2, 0.25) is 0 Å². The number of hydrogen-bond donors (Lipinski definition) is 1. The fourth-order valence-electron chi connectivity index (χ4n) is 2.38. The Bertz CT molecular complexity index is 546. The van der Waals surface area contributed by atoms with Crippen LogP contribution in [0.5, 0.6) is 0 Å². The van der Waals surface area contributed by atoms with Crippen molar-refractivity contribution in [3.8, 4) is 6.07 Å². The molecular weight excluding hydrogens is 260 g/mol. The number of hydrogen-bond acceptors (Lipinski definition) is 3. The van der Waals surface area contributed by atoms with Crippen LogP contribution < -0.4 is 5.32 Å². The predicted octanol–water partition coefficient (Wildman–Crippen LogP) is 3.77. The van der Waals surface area contributed by atoms with Gasteiger partial charge in [-0.15, -0.1) is 0 Å². The summed E-state index contributed by atoms with van der Waals surface area (Å²) < 4.78 is 0. The molecule has 1 N–H and O–H groups in total. The van der Waals surface area contributed by atoms with Crippen molar-refractivity contribution in [2.75, 3.05) is 5.32 Å². The number of anilines is 1. The molecule has 1 aliphatic carbocycles. The lowest BCUT2D eigenvalue weighted by Crippen LogP contribution is -2.42. The first-order valence-electron chi connectivity index (χ1n) is 6.40. The maximum atomic E-state index is 11.6. The number of Topliss-reactive ketones (excluding diaryl/α,β-unsaturated/α-hetero) is 1. The van der Waals surface area contributed by atoms with Crippen molar-refractivity contribution < 1.29 is 4.79 Å². The van der Waals surface area contributed by atoms with Crippen LogP contribution in [0, 0.1) is 16.7 Å². The SMILES string of the molecule is CC1(C)CCC(=O)CC1Nc1ccc(C#N)c(Cl)c1. The Morgan fingerprint density at radius 2 is 2.21 bits per heavy atom. The summed E-state index contributed by atoms with van der Waals surface area (Å²) in [5.41, 5.74) is 1.40. The van der Waals surface area contributed by atoms with Gasteiger partial charge in [-0.1, -0.05) is 25.4 Å². The first kappa shape index (κ1) is 13.9. The molecule has 1 aliphatic rings. The summed E-state index contributed by atoms with van der Waals surface area (Å²) in [6.45, 7) is 4.34. The maximum absolute atomic E-state index is 11.6. The van der Waals surface area contributed by atoms with Crippen molar-refractivity contribution >= 4 is 23.1 Å². The summed E-state index contributed by atoms with van der Waals surface area (Å²) in [5.74, 6) is 0.302. The van der Waals surface area contributed by atoms with Crippen molar-refractivity contribution in [2.24, 2.45) is 5.41 Å². The summed E-state index contributed by atoms with van der Waals surface area (Å²) in [6.07, 6.45) is 2.11. The van der Waals surface area contributed by atoms with E-state index in [-0.39, 0.29) is 11.5 Å². The molecule has 1 unspecified atom stereocenters. The number of carbonyl (C=O) groups is 1. The number of halogens is 1. The number of rotatable bonds is 2. The number of nitriles is 1. The average molecular weight is 277 g/mol. The maximum Gasteiger partial charge on any atom is 0.134 e. The van der Waals surface area contributed by atoms with Gasteiger partial charge in [-0.2, -0.15) is 5.26 Å². The minimum Gasteiger partial charge on any atom is -0.381 e. The third kappa shape index (κ3) is 3.08. The molecule has 1 aromatic rings. The Labute approximate surface area is 118 Å². The molecule has 3 nitrogen and oxygen atoms in total. The van der Waals surface area contributed by atoms with Crippen molar-refractivity contribution in [1.29, 1.82) is 5.26 Å². The molecule has 0 amide bonds. The molecule has 19 heavy (non-hydrogen) atoms. The molecule has 1 aromatic carbocycles. The minimum absolute atomic E-state index is 0.0777. The van der Waals surface area contributed by atoms with E-state index in [0.29, 0.717) is 29.2 Å². The number of nitrogens with zero attached hydrogens (tertiary/aromatic N) is 1. The second kappa shape index (κ2) is 5.22. The van der Waals surface area contributed by atoms with E-state index in [9.17, 15) is 4.79 Å². The van der Waals surface area contributed by atoms with Crippen molar-refractivity contribution in [3.05, 3.63) is 28.8 Å². The van der Waals surface area contributed by atoms with Gasteiger partial charge in [0, 0.05) is 24.6 Å². The van der Waals surface area contributed by atoms with Gasteiger partial charge in [-0.25, -0.2) is 0 Å². The van der Waals surface area contributed by atoms with Crippen LogP contribution in [0.15, 0.2) is 18.2 Å². The monoisotopic (exact) mass is 276 g/mol. The molecule has 0 heterocycles. The molecule has 0 bridgehead atoms. The molecule has 0 saturated heterocycles. The van der Waals surface area contributed by atoms with Crippen LogP contribution in [0.3, 0.4) is 0 Å². The second-order valence-electron chi connectivity index (χ2n) is 5.73. The molecule has 4 heteroatoms. The smallest absolute Gasteiger partial charge is 0.134 e. The van der Waals surface area contributed by atoms with Gasteiger partial charge < -0.3 is 5.32 Å². The van der Waals surface area contributed by atoms with Crippen molar-refractivity contribution in [1.82, 2.24) is 0 Å². The number of nitrogens with one attached hydrogen (secondary N) is 1. The normalized spacial score (nSPS) is 21.8. The van der Waals surface area contributed by atoms with Crippen LogP contribution in [0.2, 0.25) is 5.02 Å². The van der Waals surface area contributed by atoms with E-state index in [0.717, 1.165) is 12.1 Å². The van der Waals surface area contributed by atoms with E-state index in [2.05, 4.69) is 19.2 Å². The third-order valence-corrected chi connectivity index (χ3v) is 4.17. The van der Waals surface area contributed by atoms with E-state index in [4.69, 9.17) is 16.9 Å². The Hall–Kier alpha value is -1.53. The van der Waals surface area contributed by atoms with Crippen LogP contribution in [-0.2, 0) is 4.79 Å². The minimum atomic E-state index is 0.0777. The fraction of sp³-hybridized carbons (Fsp3) is 0.467. The standard InChI is InChI=1S/C15H17ClN2O/c1-15(2)6-5-12(19)8-14(15)18-11-4-3-10(9-17)13(16)7-11/h3-4,7,14,18H,5-6,8H2,1-2H3. The fourth-order valence-corrected chi connectivity index (χ4v) is 2.61. The quantitative estimate of drug-likeness (QED) is 0.894. The lowest BCUT2D eigenvalue weighted by Gasteiger charge is -2.39. The summed E-state index contributed by atoms with van der Waals surface area (Å²) in [6, 6.07) is 7.42. The molecule has 0 aliphatic heterocycles. The molecule has 0 spiro atoms. The second-order valence-corrected chi connectivity index (χ2v) is 6.14. The number of benzene rings is 1. The van der Waals surface area contributed by atoms with Gasteiger partial charge in [-0.05, 0) is 30.0 Å². The van der Waals surface area contributed by atoms with Gasteiger partial charge in [0.05, 0.1) is 10.6 Å². The molecular formula is C15H17ClN2O. The highest BCUT2D eigenvalue weighted by molar-refractivity contribution is 6.32. The topological polar surface area (TPSA) is 52.9 Å². The summed E-state index contributed by atoms with van der Waals surface area (Å²) in [4.78, 5) is 11.6. The molecule has 1 fully saturated rings. The Morgan fingerprint density at radius 3 is 2.84 bits per heavy atom. The zero-order chi connectivity index (χ0) is 14.0. The van der Waals surface area contributed by atoms with Crippen LogP contribution in [0.1, 0.15) is 38.7 Å². The van der Waals surface area contributed by atoms with E-state index in [1.54, 1.807) is 12.1 Å².